The van der Waals surface area contributed by atoms with Gasteiger partial charge in [0.05, 0.1) is 17.7 Å². The van der Waals surface area contributed by atoms with Gasteiger partial charge in [-0.1, -0.05) is 19.1 Å². The molecule has 0 aromatic heterocycles. The van der Waals surface area contributed by atoms with Crippen LogP contribution in [0.15, 0.2) is 24.3 Å². The number of thioether (sulfide) groups is 1. The van der Waals surface area contributed by atoms with Crippen molar-refractivity contribution in [1.29, 1.82) is 5.26 Å². The molecule has 1 rings (SSSR count). The molecule has 1 aromatic rings. The number of nitriles is 1. The van der Waals surface area contributed by atoms with Crippen LogP contribution in [0.1, 0.15) is 25.0 Å². The molecule has 0 fully saturated rings. The van der Waals surface area contributed by atoms with Crippen molar-refractivity contribution in [3.8, 4) is 6.07 Å². The summed E-state index contributed by atoms with van der Waals surface area (Å²) in [5.41, 5.74) is 1.87. The van der Waals surface area contributed by atoms with Gasteiger partial charge in [-0.2, -0.15) is 17.0 Å². The van der Waals surface area contributed by atoms with Crippen LogP contribution >= 0.6 is 11.8 Å². The summed E-state index contributed by atoms with van der Waals surface area (Å²) in [6, 6.07) is 9.65. The van der Waals surface area contributed by atoms with E-state index in [9.17, 15) is 5.11 Å². The van der Waals surface area contributed by atoms with Gasteiger partial charge < -0.3 is 5.11 Å². The predicted octanol–water partition coefficient (Wildman–Crippen LogP) is 2.56. The Labute approximate surface area is 94.9 Å². The summed E-state index contributed by atoms with van der Waals surface area (Å²) >= 11 is 1.72. The molecule has 2 unspecified atom stereocenters. The zero-order valence-electron chi connectivity index (χ0n) is 8.97. The monoisotopic (exact) mass is 221 g/mol. The van der Waals surface area contributed by atoms with Crippen molar-refractivity contribution in [2.45, 2.75) is 31.0 Å². The van der Waals surface area contributed by atoms with Crippen molar-refractivity contribution in [3.63, 3.8) is 0 Å². The molecule has 2 nitrogen and oxygen atoms in total. The largest absolute Gasteiger partial charge is 0.392 e. The number of nitrogens with zero attached hydrogens (tertiary/aromatic N) is 1. The lowest BCUT2D eigenvalue weighted by atomic mass is 10.2. The second kappa shape index (κ2) is 5.79. The average molecular weight is 221 g/mol. The van der Waals surface area contributed by atoms with Gasteiger partial charge in [0, 0.05) is 11.0 Å². The molecule has 0 amide bonds. The molecule has 80 valence electrons. The molecule has 2 atom stereocenters. The van der Waals surface area contributed by atoms with Crippen LogP contribution in [0.5, 0.6) is 0 Å². The van der Waals surface area contributed by atoms with Crippen molar-refractivity contribution in [2.75, 3.05) is 0 Å². The van der Waals surface area contributed by atoms with E-state index in [-0.39, 0.29) is 11.4 Å². The van der Waals surface area contributed by atoms with Crippen LogP contribution in [0, 0.1) is 11.3 Å². The number of hydrogen-bond donors (Lipinski definition) is 1. The van der Waals surface area contributed by atoms with Gasteiger partial charge in [-0.15, -0.1) is 0 Å². The molecule has 0 saturated carbocycles. The highest BCUT2D eigenvalue weighted by atomic mass is 32.2. The second-order valence-electron chi connectivity index (χ2n) is 3.57. The van der Waals surface area contributed by atoms with Gasteiger partial charge >= 0.3 is 0 Å². The molecule has 0 radical (unpaired) electrons. The van der Waals surface area contributed by atoms with E-state index in [0.717, 1.165) is 5.75 Å². The van der Waals surface area contributed by atoms with Crippen molar-refractivity contribution >= 4 is 11.8 Å². The molecule has 0 aliphatic heterocycles. The smallest absolute Gasteiger partial charge is 0.0991 e. The molecule has 0 saturated heterocycles. The molecule has 15 heavy (non-hydrogen) atoms. The normalized spacial score (nSPS) is 14.3. The zero-order valence-corrected chi connectivity index (χ0v) is 9.79. The van der Waals surface area contributed by atoms with Crippen LogP contribution in [-0.2, 0) is 5.75 Å². The molecule has 0 bridgehead atoms. The summed E-state index contributed by atoms with van der Waals surface area (Å²) in [7, 11) is 0. The summed E-state index contributed by atoms with van der Waals surface area (Å²) < 4.78 is 0. The van der Waals surface area contributed by atoms with Crippen molar-refractivity contribution in [2.24, 2.45) is 0 Å². The number of rotatable bonds is 4. The topological polar surface area (TPSA) is 44.0 Å². The minimum absolute atomic E-state index is 0.237. The highest BCUT2D eigenvalue weighted by Gasteiger charge is 2.08. The molecule has 0 aliphatic rings. The average Bonchev–Trinajstić information content (AvgIpc) is 2.26. The summed E-state index contributed by atoms with van der Waals surface area (Å²) in [4.78, 5) is 0. The van der Waals surface area contributed by atoms with Gasteiger partial charge in [-0.25, -0.2) is 0 Å². The number of aliphatic hydroxyl groups is 1. The first-order chi connectivity index (χ1) is 7.13. The summed E-state index contributed by atoms with van der Waals surface area (Å²) in [6.45, 7) is 3.81. The van der Waals surface area contributed by atoms with Gasteiger partial charge in [0.25, 0.3) is 0 Å². The fourth-order valence-corrected chi connectivity index (χ4v) is 1.97. The highest BCUT2D eigenvalue weighted by molar-refractivity contribution is 7.99. The fourth-order valence-electron chi connectivity index (χ4n) is 1.04. The lowest BCUT2D eigenvalue weighted by molar-refractivity contribution is 0.196. The Hall–Kier alpha value is -0.980. The maximum atomic E-state index is 9.32. The standard InChI is InChI=1S/C12H15NOS/c1-9(14)10(2)15-8-12-5-3-11(7-13)4-6-12/h3-6,9-10,14H,8H2,1-2H3. The first-order valence-electron chi connectivity index (χ1n) is 4.92. The molecular weight excluding hydrogens is 206 g/mol. The molecule has 3 heteroatoms. The summed E-state index contributed by atoms with van der Waals surface area (Å²) in [6.07, 6.45) is -0.284. The zero-order chi connectivity index (χ0) is 11.3. The van der Waals surface area contributed by atoms with Crippen LogP contribution in [0.25, 0.3) is 0 Å². The third-order valence-corrected chi connectivity index (χ3v) is 3.69. The van der Waals surface area contributed by atoms with E-state index in [1.165, 1.54) is 5.56 Å². The van der Waals surface area contributed by atoms with Gasteiger partial charge in [0.15, 0.2) is 0 Å². The maximum absolute atomic E-state index is 9.32. The molecule has 0 aliphatic carbocycles. The van der Waals surface area contributed by atoms with E-state index in [1.54, 1.807) is 18.7 Å². The number of aliphatic hydroxyl groups excluding tert-OH is 1. The minimum Gasteiger partial charge on any atom is -0.392 e. The van der Waals surface area contributed by atoms with E-state index < -0.39 is 0 Å². The lowest BCUT2D eigenvalue weighted by Gasteiger charge is -2.13. The minimum atomic E-state index is -0.284. The van der Waals surface area contributed by atoms with E-state index in [1.807, 2.05) is 31.2 Å². The Bertz CT molecular complexity index is 340. The van der Waals surface area contributed by atoms with Gasteiger partial charge in [-0.05, 0) is 24.6 Å². The quantitative estimate of drug-likeness (QED) is 0.849. The Kier molecular flexibility index (Phi) is 4.67. The predicted molar refractivity (Wildman–Crippen MR) is 63.6 cm³/mol. The molecular formula is C12H15NOS. The Morgan fingerprint density at radius 3 is 2.40 bits per heavy atom. The third kappa shape index (κ3) is 3.94. The lowest BCUT2D eigenvalue weighted by Crippen LogP contribution is -2.15. The van der Waals surface area contributed by atoms with Gasteiger partial charge in [0.2, 0.25) is 0 Å². The Balaban J connectivity index is 2.48. The van der Waals surface area contributed by atoms with E-state index in [2.05, 4.69) is 6.07 Å². The van der Waals surface area contributed by atoms with Crippen LogP contribution in [0.2, 0.25) is 0 Å². The van der Waals surface area contributed by atoms with Crippen molar-refractivity contribution < 1.29 is 5.11 Å². The maximum Gasteiger partial charge on any atom is 0.0991 e. The third-order valence-electron chi connectivity index (χ3n) is 2.28. The molecule has 1 aromatic carbocycles. The van der Waals surface area contributed by atoms with Crippen LogP contribution in [-0.4, -0.2) is 16.5 Å². The SMILES string of the molecule is CC(O)C(C)SCc1ccc(C#N)cc1. The van der Waals surface area contributed by atoms with E-state index in [0.29, 0.717) is 5.56 Å². The van der Waals surface area contributed by atoms with E-state index in [4.69, 9.17) is 5.26 Å². The van der Waals surface area contributed by atoms with Crippen LogP contribution in [0.3, 0.4) is 0 Å². The second-order valence-corrected chi connectivity index (χ2v) is 4.93. The first kappa shape index (κ1) is 12.1. The Morgan fingerprint density at radius 2 is 1.93 bits per heavy atom. The fraction of sp³-hybridized carbons (Fsp3) is 0.417. The Morgan fingerprint density at radius 1 is 1.33 bits per heavy atom. The van der Waals surface area contributed by atoms with Gasteiger partial charge in [0.1, 0.15) is 0 Å². The van der Waals surface area contributed by atoms with Crippen LogP contribution in [0.4, 0.5) is 0 Å². The molecule has 0 spiro atoms. The van der Waals surface area contributed by atoms with E-state index >= 15 is 0 Å². The summed E-state index contributed by atoms with van der Waals surface area (Å²) in [5.74, 6) is 0.873. The number of benzene rings is 1. The van der Waals surface area contributed by atoms with Crippen LogP contribution < -0.4 is 0 Å². The van der Waals surface area contributed by atoms with Crippen molar-refractivity contribution in [1.82, 2.24) is 0 Å². The molecule has 1 N–H and O–H groups in total. The number of hydrogen-bond acceptors (Lipinski definition) is 3. The first-order valence-corrected chi connectivity index (χ1v) is 5.97. The van der Waals surface area contributed by atoms with Gasteiger partial charge in [-0.3, -0.25) is 0 Å². The molecule has 0 heterocycles. The summed E-state index contributed by atoms with van der Waals surface area (Å²) in [5, 5.41) is 18.2. The highest BCUT2D eigenvalue weighted by Crippen LogP contribution is 2.20. The van der Waals surface area contributed by atoms with Crippen molar-refractivity contribution in [3.05, 3.63) is 35.4 Å².